The summed E-state index contributed by atoms with van der Waals surface area (Å²) in [5.74, 6) is 0. The van der Waals surface area contributed by atoms with E-state index in [9.17, 15) is 0 Å². The summed E-state index contributed by atoms with van der Waals surface area (Å²) in [7, 11) is 0. The summed E-state index contributed by atoms with van der Waals surface area (Å²) in [5, 5.41) is 0. The Kier molecular flexibility index (Phi) is 9.40. The number of thiol groups is 1. The van der Waals surface area contributed by atoms with E-state index < -0.39 is 0 Å². The molecule has 1 aliphatic rings. The molecule has 96 valence electrons. The third-order valence-corrected chi connectivity index (χ3v) is 3.98. The molecule has 0 bridgehead atoms. The minimum absolute atomic E-state index is 1.18. The van der Waals surface area contributed by atoms with Crippen molar-refractivity contribution in [3.8, 4) is 0 Å². The first-order valence-electron chi connectivity index (χ1n) is 7.33. The van der Waals surface area contributed by atoms with Gasteiger partial charge in [-0.25, -0.2) is 0 Å². The molecule has 16 heavy (non-hydrogen) atoms. The van der Waals surface area contributed by atoms with Gasteiger partial charge in [-0.2, -0.15) is 0 Å². The van der Waals surface area contributed by atoms with Crippen molar-refractivity contribution in [1.82, 2.24) is 4.31 Å². The second-order valence-corrected chi connectivity index (χ2v) is 5.76. The van der Waals surface area contributed by atoms with Gasteiger partial charge in [0.2, 0.25) is 0 Å². The molecule has 1 aliphatic heterocycles. The molecule has 0 radical (unpaired) electrons. The maximum atomic E-state index is 4.53. The van der Waals surface area contributed by atoms with Gasteiger partial charge in [0.15, 0.2) is 0 Å². The molecule has 0 unspecified atom stereocenters. The Balaban J connectivity index is 2.10. The van der Waals surface area contributed by atoms with E-state index >= 15 is 0 Å². The largest absolute Gasteiger partial charge is 0.253 e. The van der Waals surface area contributed by atoms with Crippen LogP contribution in [0.4, 0.5) is 0 Å². The van der Waals surface area contributed by atoms with Gasteiger partial charge in [-0.05, 0) is 12.8 Å². The highest BCUT2D eigenvalue weighted by Crippen LogP contribution is 2.14. The highest BCUT2D eigenvalue weighted by Gasteiger charge is 2.00. The van der Waals surface area contributed by atoms with E-state index in [1.54, 1.807) is 0 Å². The molecule has 1 fully saturated rings. The van der Waals surface area contributed by atoms with Gasteiger partial charge < -0.3 is 0 Å². The topological polar surface area (TPSA) is 3.24 Å². The van der Waals surface area contributed by atoms with Gasteiger partial charge in [0.05, 0.1) is 0 Å². The van der Waals surface area contributed by atoms with Gasteiger partial charge in [0.25, 0.3) is 0 Å². The average molecular weight is 243 g/mol. The lowest BCUT2D eigenvalue weighted by Gasteiger charge is -2.14. The van der Waals surface area contributed by atoms with Crippen molar-refractivity contribution in [3.05, 3.63) is 0 Å². The number of nitrogens with zero attached hydrogens (tertiary/aromatic N) is 1. The summed E-state index contributed by atoms with van der Waals surface area (Å²) in [4.78, 5) is 0. The Bertz CT molecular complexity index is 134. The molecule has 0 atom stereocenters. The van der Waals surface area contributed by atoms with Crippen LogP contribution >= 0.6 is 12.8 Å². The molecule has 0 aliphatic carbocycles. The van der Waals surface area contributed by atoms with Crippen molar-refractivity contribution < 1.29 is 0 Å². The molecule has 0 aromatic heterocycles. The van der Waals surface area contributed by atoms with Crippen LogP contribution in [0, 0.1) is 0 Å². The standard InChI is InChI=1S/C14H29NS/c16-15-13-11-9-7-5-3-1-2-4-6-8-10-12-14-15/h16H,1-14H2. The van der Waals surface area contributed by atoms with Crippen LogP contribution in [-0.4, -0.2) is 17.4 Å². The molecule has 0 aromatic rings. The summed E-state index contributed by atoms with van der Waals surface area (Å²) in [6, 6.07) is 0. The van der Waals surface area contributed by atoms with Gasteiger partial charge in [-0.1, -0.05) is 77.0 Å². The summed E-state index contributed by atoms with van der Waals surface area (Å²) in [6.45, 7) is 2.37. The molecular formula is C14H29NS. The third-order valence-electron chi connectivity index (χ3n) is 3.58. The minimum Gasteiger partial charge on any atom is -0.253 e. The zero-order valence-electron chi connectivity index (χ0n) is 10.8. The molecule has 2 heteroatoms. The van der Waals surface area contributed by atoms with Gasteiger partial charge in [0.1, 0.15) is 0 Å². The van der Waals surface area contributed by atoms with Crippen molar-refractivity contribution in [2.24, 2.45) is 0 Å². The second kappa shape index (κ2) is 10.5. The number of hydrogen-bond acceptors (Lipinski definition) is 2. The Labute approximate surface area is 108 Å². The predicted octanol–water partition coefficient (Wildman–Crippen LogP) is 4.83. The van der Waals surface area contributed by atoms with Crippen molar-refractivity contribution >= 4 is 12.8 Å². The van der Waals surface area contributed by atoms with E-state index in [1.807, 2.05) is 0 Å². The van der Waals surface area contributed by atoms with E-state index in [1.165, 1.54) is 90.1 Å². The predicted molar refractivity (Wildman–Crippen MR) is 76.0 cm³/mol. The molecule has 0 aromatic carbocycles. The maximum Gasteiger partial charge on any atom is 0.00869 e. The van der Waals surface area contributed by atoms with E-state index in [0.717, 1.165) is 0 Å². The molecule has 1 saturated heterocycles. The normalized spacial score (nSPS) is 24.6. The molecule has 1 heterocycles. The maximum absolute atomic E-state index is 4.53. The summed E-state index contributed by atoms with van der Waals surface area (Å²) < 4.78 is 2.22. The smallest absolute Gasteiger partial charge is 0.00869 e. The van der Waals surface area contributed by atoms with E-state index in [2.05, 4.69) is 17.1 Å². The van der Waals surface area contributed by atoms with Crippen molar-refractivity contribution in [1.29, 1.82) is 0 Å². The van der Waals surface area contributed by atoms with Crippen LogP contribution in [0.3, 0.4) is 0 Å². The lowest BCUT2D eigenvalue weighted by atomic mass is 10.1. The SMILES string of the molecule is SN1CCCCCCCCCCCCCC1. The van der Waals surface area contributed by atoms with Gasteiger partial charge in [-0.15, -0.1) is 0 Å². The van der Waals surface area contributed by atoms with Crippen molar-refractivity contribution in [2.75, 3.05) is 13.1 Å². The first-order valence-corrected chi connectivity index (χ1v) is 7.73. The van der Waals surface area contributed by atoms with Crippen LogP contribution in [0.5, 0.6) is 0 Å². The van der Waals surface area contributed by atoms with Crippen molar-refractivity contribution in [3.63, 3.8) is 0 Å². The van der Waals surface area contributed by atoms with Crippen LogP contribution in [0.15, 0.2) is 0 Å². The molecule has 1 nitrogen and oxygen atoms in total. The highest BCUT2D eigenvalue weighted by atomic mass is 32.1. The molecule has 0 spiro atoms. The molecule has 0 N–H and O–H groups in total. The minimum atomic E-state index is 1.18. The second-order valence-electron chi connectivity index (χ2n) is 5.20. The van der Waals surface area contributed by atoms with Crippen LogP contribution in [0.1, 0.15) is 77.0 Å². The summed E-state index contributed by atoms with van der Waals surface area (Å²) in [6.07, 6.45) is 17.1. The molecular weight excluding hydrogens is 214 g/mol. The van der Waals surface area contributed by atoms with Gasteiger partial charge in [0, 0.05) is 13.1 Å². The fourth-order valence-corrected chi connectivity index (χ4v) is 2.75. The quantitative estimate of drug-likeness (QED) is 0.597. The van der Waals surface area contributed by atoms with Crippen LogP contribution in [-0.2, 0) is 0 Å². The summed E-state index contributed by atoms with van der Waals surface area (Å²) >= 11 is 4.53. The van der Waals surface area contributed by atoms with Crippen molar-refractivity contribution in [2.45, 2.75) is 77.0 Å². The lowest BCUT2D eigenvalue weighted by molar-refractivity contribution is 0.431. The monoisotopic (exact) mass is 243 g/mol. The number of rotatable bonds is 0. The average Bonchev–Trinajstić information content (AvgIpc) is 2.29. The fraction of sp³-hybridized carbons (Fsp3) is 1.00. The Morgan fingerprint density at radius 1 is 0.438 bits per heavy atom. The zero-order valence-corrected chi connectivity index (χ0v) is 11.7. The molecule has 0 amide bonds. The van der Waals surface area contributed by atoms with Crippen LogP contribution < -0.4 is 0 Å². The van der Waals surface area contributed by atoms with E-state index in [-0.39, 0.29) is 0 Å². The van der Waals surface area contributed by atoms with Crippen LogP contribution in [0.25, 0.3) is 0 Å². The lowest BCUT2D eigenvalue weighted by Crippen LogP contribution is -2.15. The van der Waals surface area contributed by atoms with Gasteiger partial charge in [-0.3, -0.25) is 4.31 Å². The Morgan fingerprint density at radius 3 is 1.00 bits per heavy atom. The summed E-state index contributed by atoms with van der Waals surface area (Å²) in [5.41, 5.74) is 0. The molecule has 0 saturated carbocycles. The van der Waals surface area contributed by atoms with E-state index in [4.69, 9.17) is 0 Å². The first kappa shape index (κ1) is 14.4. The molecule has 1 rings (SSSR count). The Hall–Kier alpha value is 0.310. The van der Waals surface area contributed by atoms with Gasteiger partial charge >= 0.3 is 0 Å². The van der Waals surface area contributed by atoms with Crippen LogP contribution in [0.2, 0.25) is 0 Å². The fourth-order valence-electron chi connectivity index (χ4n) is 2.47. The van der Waals surface area contributed by atoms with E-state index in [0.29, 0.717) is 0 Å². The zero-order chi connectivity index (χ0) is 11.5. The first-order chi connectivity index (χ1) is 7.89. The third kappa shape index (κ3) is 8.46. The Morgan fingerprint density at radius 2 is 0.688 bits per heavy atom. The number of hydrogen-bond donors (Lipinski definition) is 1. The highest BCUT2D eigenvalue weighted by molar-refractivity contribution is 7.77.